The van der Waals surface area contributed by atoms with E-state index in [9.17, 15) is 14.9 Å². The van der Waals surface area contributed by atoms with E-state index in [-0.39, 0.29) is 23.1 Å². The minimum atomic E-state index is -0.542. The molecule has 0 radical (unpaired) electrons. The van der Waals surface area contributed by atoms with Crippen LogP contribution in [-0.2, 0) is 0 Å². The lowest BCUT2D eigenvalue weighted by atomic mass is 9.98. The van der Waals surface area contributed by atoms with Gasteiger partial charge in [0.25, 0.3) is 11.6 Å². The summed E-state index contributed by atoms with van der Waals surface area (Å²) in [5.74, 6) is 0.194. The van der Waals surface area contributed by atoms with E-state index in [0.29, 0.717) is 10.8 Å². The summed E-state index contributed by atoms with van der Waals surface area (Å²) in [5, 5.41) is 18.4. The molecule has 1 heterocycles. The van der Waals surface area contributed by atoms with Crippen LogP contribution < -0.4 is 5.32 Å². The molecule has 0 saturated carbocycles. The van der Waals surface area contributed by atoms with E-state index in [0.717, 1.165) is 12.0 Å². The number of benzene rings is 2. The summed E-state index contributed by atoms with van der Waals surface area (Å²) in [6.45, 7) is 3.93. The fourth-order valence-electron chi connectivity index (χ4n) is 2.75. The number of hydrogen-bond acceptors (Lipinski definition) is 6. The lowest BCUT2D eigenvalue weighted by Crippen LogP contribution is -2.32. The second-order valence-electron chi connectivity index (χ2n) is 6.61. The molecule has 0 fully saturated rings. The Kier molecular flexibility index (Phi) is 6.23. The highest BCUT2D eigenvalue weighted by Crippen LogP contribution is 2.27. The topological polar surface area (TPSA) is 111 Å². The van der Waals surface area contributed by atoms with Gasteiger partial charge in [-0.2, -0.15) is 4.98 Å². The highest BCUT2D eigenvalue weighted by molar-refractivity contribution is 6.30. The third-order valence-electron chi connectivity index (χ3n) is 4.63. The van der Waals surface area contributed by atoms with Crippen molar-refractivity contribution in [2.75, 3.05) is 0 Å². The van der Waals surface area contributed by atoms with Crippen molar-refractivity contribution in [1.82, 2.24) is 15.5 Å². The van der Waals surface area contributed by atoms with Gasteiger partial charge >= 0.3 is 0 Å². The molecule has 9 heteroatoms. The number of halogens is 1. The number of aromatic nitrogens is 2. The zero-order valence-electron chi connectivity index (χ0n) is 15.8. The maximum Gasteiger partial charge on any atom is 0.270 e. The normalized spacial score (nSPS) is 12.9. The Balaban J connectivity index is 1.85. The van der Waals surface area contributed by atoms with Crippen molar-refractivity contribution in [3.05, 3.63) is 75.1 Å². The van der Waals surface area contributed by atoms with Crippen molar-refractivity contribution in [2.45, 2.75) is 26.3 Å². The molecular formula is C20H19ClN4O4. The average Bonchev–Trinajstić information content (AvgIpc) is 3.21. The number of carbonyl (C=O) groups excluding carboxylic acids is 1. The smallest absolute Gasteiger partial charge is 0.270 e. The summed E-state index contributed by atoms with van der Waals surface area (Å²) >= 11 is 5.91. The highest BCUT2D eigenvalue weighted by atomic mass is 35.5. The highest BCUT2D eigenvalue weighted by Gasteiger charge is 2.27. The van der Waals surface area contributed by atoms with Gasteiger partial charge in [0.1, 0.15) is 6.04 Å². The fourth-order valence-corrected chi connectivity index (χ4v) is 2.87. The van der Waals surface area contributed by atoms with Gasteiger partial charge in [-0.15, -0.1) is 0 Å². The third kappa shape index (κ3) is 4.78. The van der Waals surface area contributed by atoms with E-state index in [1.165, 1.54) is 24.3 Å². The Labute approximate surface area is 172 Å². The Morgan fingerprint density at radius 1 is 1.28 bits per heavy atom. The van der Waals surface area contributed by atoms with Gasteiger partial charge in [-0.1, -0.05) is 43.1 Å². The molecule has 150 valence electrons. The van der Waals surface area contributed by atoms with Crippen molar-refractivity contribution in [1.29, 1.82) is 0 Å². The van der Waals surface area contributed by atoms with E-state index in [1.807, 2.05) is 13.8 Å². The molecule has 0 bridgehead atoms. The van der Waals surface area contributed by atoms with Gasteiger partial charge < -0.3 is 9.84 Å². The van der Waals surface area contributed by atoms with Crippen molar-refractivity contribution < 1.29 is 14.2 Å². The number of hydrogen-bond donors (Lipinski definition) is 1. The van der Waals surface area contributed by atoms with Gasteiger partial charge in [-0.05, 0) is 36.2 Å². The molecule has 29 heavy (non-hydrogen) atoms. The first-order valence-electron chi connectivity index (χ1n) is 9.04. The summed E-state index contributed by atoms with van der Waals surface area (Å²) in [6, 6.07) is 12.0. The molecule has 0 aliphatic carbocycles. The molecule has 1 amide bonds. The number of nitrogens with zero attached hydrogens (tertiary/aromatic N) is 3. The lowest BCUT2D eigenvalue weighted by Gasteiger charge is -2.20. The molecule has 0 aliphatic rings. The minimum absolute atomic E-state index is 0.00355. The van der Waals surface area contributed by atoms with Crippen molar-refractivity contribution in [3.8, 4) is 11.4 Å². The number of nitro benzene ring substituents is 1. The van der Waals surface area contributed by atoms with Crippen LogP contribution >= 0.6 is 11.6 Å². The lowest BCUT2D eigenvalue weighted by molar-refractivity contribution is -0.384. The minimum Gasteiger partial charge on any atom is -0.340 e. The average molecular weight is 415 g/mol. The van der Waals surface area contributed by atoms with Crippen LogP contribution in [0.15, 0.2) is 53.1 Å². The van der Waals surface area contributed by atoms with Crippen LogP contribution in [0.5, 0.6) is 0 Å². The molecular weight excluding hydrogens is 396 g/mol. The van der Waals surface area contributed by atoms with Crippen LogP contribution in [0.1, 0.15) is 42.6 Å². The van der Waals surface area contributed by atoms with Crippen molar-refractivity contribution in [2.24, 2.45) is 5.92 Å². The number of nitrogens with one attached hydrogen (secondary N) is 1. The molecule has 8 nitrogen and oxygen atoms in total. The summed E-state index contributed by atoms with van der Waals surface area (Å²) < 4.78 is 5.42. The van der Waals surface area contributed by atoms with Gasteiger partial charge in [-0.25, -0.2) is 0 Å². The molecule has 3 rings (SSSR count). The molecule has 2 aromatic carbocycles. The van der Waals surface area contributed by atoms with Crippen molar-refractivity contribution in [3.63, 3.8) is 0 Å². The monoisotopic (exact) mass is 414 g/mol. The molecule has 3 aromatic rings. The van der Waals surface area contributed by atoms with Gasteiger partial charge in [0, 0.05) is 28.3 Å². The number of amides is 1. The molecule has 0 unspecified atom stereocenters. The van der Waals surface area contributed by atoms with Crippen LogP contribution in [0.3, 0.4) is 0 Å². The molecule has 0 aliphatic heterocycles. The van der Waals surface area contributed by atoms with E-state index in [2.05, 4.69) is 15.5 Å². The van der Waals surface area contributed by atoms with E-state index in [1.54, 1.807) is 24.3 Å². The zero-order valence-corrected chi connectivity index (χ0v) is 16.6. The molecule has 0 saturated heterocycles. The summed E-state index contributed by atoms with van der Waals surface area (Å²) in [6.07, 6.45) is 0.749. The SMILES string of the molecule is CC[C@@H](C)[C@@H](NC(=O)c1cccc([N+](=O)[O-])c1)c1nc(-c2ccc(Cl)cc2)no1. The standard InChI is InChI=1S/C20H19ClN4O4/c1-3-12(2)17(22-19(26)14-5-4-6-16(11-14)25(27)28)20-23-18(24-29-20)13-7-9-15(21)10-8-13/h4-12,17H,3H2,1-2H3,(H,22,26)/t12-,17-/m1/s1. The largest absolute Gasteiger partial charge is 0.340 e. The zero-order chi connectivity index (χ0) is 21.0. The van der Waals surface area contributed by atoms with E-state index >= 15 is 0 Å². The first kappa shape index (κ1) is 20.5. The molecule has 2 atom stereocenters. The Morgan fingerprint density at radius 2 is 2.00 bits per heavy atom. The first-order chi connectivity index (χ1) is 13.9. The summed E-state index contributed by atoms with van der Waals surface area (Å²) in [7, 11) is 0. The van der Waals surface area contributed by atoms with Crippen LogP contribution in [0, 0.1) is 16.0 Å². The predicted octanol–water partition coefficient (Wildman–Crippen LogP) is 4.82. The predicted molar refractivity (Wildman–Crippen MR) is 108 cm³/mol. The number of carbonyl (C=O) groups is 1. The molecule has 1 aromatic heterocycles. The quantitative estimate of drug-likeness (QED) is 0.438. The maximum atomic E-state index is 12.7. The second kappa shape index (κ2) is 8.83. The van der Waals surface area contributed by atoms with Gasteiger partial charge in [0.2, 0.25) is 11.7 Å². The maximum absolute atomic E-state index is 12.7. The first-order valence-corrected chi connectivity index (χ1v) is 9.41. The van der Waals surface area contributed by atoms with E-state index in [4.69, 9.17) is 16.1 Å². The number of nitro groups is 1. The third-order valence-corrected chi connectivity index (χ3v) is 4.88. The second-order valence-corrected chi connectivity index (χ2v) is 7.04. The van der Waals surface area contributed by atoms with Gasteiger partial charge in [-0.3, -0.25) is 14.9 Å². The molecule has 0 spiro atoms. The van der Waals surface area contributed by atoms with Crippen molar-refractivity contribution >= 4 is 23.2 Å². The number of non-ortho nitro benzene ring substituents is 1. The number of rotatable bonds is 7. The van der Waals surface area contributed by atoms with Crippen LogP contribution in [0.25, 0.3) is 11.4 Å². The van der Waals surface area contributed by atoms with Crippen LogP contribution in [0.2, 0.25) is 5.02 Å². The fraction of sp³-hybridized carbons (Fsp3) is 0.250. The van der Waals surface area contributed by atoms with Gasteiger partial charge in [0.15, 0.2) is 0 Å². The molecule has 1 N–H and O–H groups in total. The van der Waals surface area contributed by atoms with Crippen LogP contribution in [-0.4, -0.2) is 21.0 Å². The van der Waals surface area contributed by atoms with Gasteiger partial charge in [0.05, 0.1) is 4.92 Å². The Morgan fingerprint density at radius 3 is 2.66 bits per heavy atom. The summed E-state index contributed by atoms with van der Waals surface area (Å²) in [5.41, 5.74) is 0.766. The Hall–Kier alpha value is -3.26. The summed E-state index contributed by atoms with van der Waals surface area (Å²) in [4.78, 5) is 27.6. The van der Waals surface area contributed by atoms with Crippen LogP contribution in [0.4, 0.5) is 5.69 Å². The van der Waals surface area contributed by atoms with E-state index < -0.39 is 16.9 Å². The Bertz CT molecular complexity index is 1020.